The van der Waals surface area contributed by atoms with E-state index in [1.54, 1.807) is 0 Å². The van der Waals surface area contributed by atoms with Gasteiger partial charge in [-0.15, -0.1) is 0 Å². The van der Waals surface area contributed by atoms with Crippen molar-refractivity contribution in [2.45, 2.75) is 18.9 Å². The number of anilines is 1. The molecule has 18 heavy (non-hydrogen) atoms. The van der Waals surface area contributed by atoms with Crippen LogP contribution < -0.4 is 4.90 Å². The van der Waals surface area contributed by atoms with Gasteiger partial charge in [-0.3, -0.25) is 4.79 Å². The SMILES string of the molecule is CN1CCCN(c2ccccc2)C(CC(=O)O)C1. The lowest BCUT2D eigenvalue weighted by atomic mass is 10.1. The van der Waals surface area contributed by atoms with Gasteiger partial charge in [-0.05, 0) is 32.1 Å². The molecule has 1 N–H and O–H groups in total. The largest absolute Gasteiger partial charge is 0.481 e. The van der Waals surface area contributed by atoms with E-state index in [2.05, 4.69) is 29.0 Å². The van der Waals surface area contributed by atoms with Crippen molar-refractivity contribution in [1.82, 2.24) is 4.90 Å². The van der Waals surface area contributed by atoms with Gasteiger partial charge in [0.2, 0.25) is 0 Å². The van der Waals surface area contributed by atoms with E-state index in [0.717, 1.165) is 31.7 Å². The van der Waals surface area contributed by atoms with Crippen molar-refractivity contribution in [3.8, 4) is 0 Å². The molecule has 1 saturated heterocycles. The predicted octanol–water partition coefficient (Wildman–Crippen LogP) is 1.67. The van der Waals surface area contributed by atoms with E-state index in [0.29, 0.717) is 0 Å². The number of likely N-dealkylation sites (N-methyl/N-ethyl adjacent to an activating group) is 1. The second kappa shape index (κ2) is 5.87. The van der Waals surface area contributed by atoms with Crippen LogP contribution in [-0.2, 0) is 4.79 Å². The molecule has 1 unspecified atom stereocenters. The lowest BCUT2D eigenvalue weighted by Gasteiger charge is -2.32. The predicted molar refractivity (Wildman–Crippen MR) is 71.9 cm³/mol. The number of carbonyl (C=O) groups is 1. The quantitative estimate of drug-likeness (QED) is 0.883. The number of nitrogens with zero attached hydrogens (tertiary/aromatic N) is 2. The Morgan fingerprint density at radius 1 is 1.33 bits per heavy atom. The first kappa shape index (κ1) is 12.9. The van der Waals surface area contributed by atoms with E-state index in [9.17, 15) is 4.79 Å². The van der Waals surface area contributed by atoms with Crippen LogP contribution in [-0.4, -0.2) is 48.7 Å². The molecule has 0 aromatic heterocycles. The average Bonchev–Trinajstić information content (AvgIpc) is 2.51. The highest BCUT2D eigenvalue weighted by molar-refractivity contribution is 5.68. The fourth-order valence-corrected chi connectivity index (χ4v) is 2.58. The topological polar surface area (TPSA) is 43.8 Å². The van der Waals surface area contributed by atoms with Crippen molar-refractivity contribution in [3.05, 3.63) is 30.3 Å². The van der Waals surface area contributed by atoms with Crippen LogP contribution in [0.4, 0.5) is 5.69 Å². The van der Waals surface area contributed by atoms with Crippen LogP contribution in [0.15, 0.2) is 30.3 Å². The van der Waals surface area contributed by atoms with Crippen molar-refractivity contribution < 1.29 is 9.90 Å². The molecule has 0 bridgehead atoms. The van der Waals surface area contributed by atoms with Gasteiger partial charge >= 0.3 is 5.97 Å². The number of carboxylic acid groups (broad SMARTS) is 1. The van der Waals surface area contributed by atoms with Gasteiger partial charge in [-0.1, -0.05) is 18.2 Å². The maximum Gasteiger partial charge on any atom is 0.305 e. The third kappa shape index (κ3) is 3.23. The van der Waals surface area contributed by atoms with E-state index in [4.69, 9.17) is 5.11 Å². The molecule has 2 rings (SSSR count). The van der Waals surface area contributed by atoms with Crippen LogP contribution in [0.2, 0.25) is 0 Å². The fraction of sp³-hybridized carbons (Fsp3) is 0.500. The highest BCUT2D eigenvalue weighted by atomic mass is 16.4. The Kier molecular flexibility index (Phi) is 4.20. The highest BCUT2D eigenvalue weighted by Crippen LogP contribution is 2.21. The second-order valence-corrected chi connectivity index (χ2v) is 4.90. The molecule has 0 saturated carbocycles. The Hall–Kier alpha value is -1.55. The molecule has 1 aliphatic rings. The molecular weight excluding hydrogens is 228 g/mol. The summed E-state index contributed by atoms with van der Waals surface area (Å²) in [5.41, 5.74) is 1.12. The molecule has 1 atom stereocenters. The standard InChI is InChI=1S/C14H20N2O2/c1-15-8-5-9-16(12-6-3-2-4-7-12)13(11-15)10-14(17)18/h2-4,6-7,13H,5,8-11H2,1H3,(H,17,18). The molecule has 98 valence electrons. The Morgan fingerprint density at radius 2 is 2.06 bits per heavy atom. The summed E-state index contributed by atoms with van der Waals surface area (Å²) in [4.78, 5) is 15.5. The molecular formula is C14H20N2O2. The minimum atomic E-state index is -0.726. The van der Waals surface area contributed by atoms with E-state index >= 15 is 0 Å². The minimum Gasteiger partial charge on any atom is -0.481 e. The van der Waals surface area contributed by atoms with Gasteiger partial charge in [-0.25, -0.2) is 0 Å². The molecule has 0 spiro atoms. The van der Waals surface area contributed by atoms with Gasteiger partial charge in [0, 0.05) is 18.8 Å². The average molecular weight is 248 g/mol. The zero-order valence-corrected chi connectivity index (χ0v) is 10.7. The van der Waals surface area contributed by atoms with E-state index in [1.807, 2.05) is 18.2 Å². The van der Waals surface area contributed by atoms with E-state index in [-0.39, 0.29) is 12.5 Å². The van der Waals surface area contributed by atoms with E-state index in [1.165, 1.54) is 0 Å². The number of carboxylic acids is 1. The molecule has 1 aromatic rings. The second-order valence-electron chi connectivity index (χ2n) is 4.90. The van der Waals surface area contributed by atoms with Gasteiger partial charge in [0.15, 0.2) is 0 Å². The summed E-state index contributed by atoms with van der Waals surface area (Å²) >= 11 is 0. The summed E-state index contributed by atoms with van der Waals surface area (Å²) in [6.45, 7) is 2.76. The maximum atomic E-state index is 11.0. The summed E-state index contributed by atoms with van der Waals surface area (Å²) < 4.78 is 0. The van der Waals surface area contributed by atoms with Gasteiger partial charge in [0.25, 0.3) is 0 Å². The molecule has 0 aliphatic carbocycles. The normalized spacial score (nSPS) is 21.6. The van der Waals surface area contributed by atoms with Crippen molar-refractivity contribution in [2.75, 3.05) is 31.6 Å². The number of hydrogen-bond acceptors (Lipinski definition) is 3. The van der Waals surface area contributed by atoms with Crippen molar-refractivity contribution in [3.63, 3.8) is 0 Å². The Labute approximate surface area is 108 Å². The first-order valence-corrected chi connectivity index (χ1v) is 6.39. The fourth-order valence-electron chi connectivity index (χ4n) is 2.58. The number of aliphatic carboxylic acids is 1. The van der Waals surface area contributed by atoms with Crippen molar-refractivity contribution in [2.24, 2.45) is 0 Å². The molecule has 4 heteroatoms. The van der Waals surface area contributed by atoms with Crippen LogP contribution >= 0.6 is 0 Å². The lowest BCUT2D eigenvalue weighted by molar-refractivity contribution is -0.137. The van der Waals surface area contributed by atoms with Crippen LogP contribution in [0.5, 0.6) is 0 Å². The minimum absolute atomic E-state index is 0.0531. The van der Waals surface area contributed by atoms with Crippen LogP contribution in [0.1, 0.15) is 12.8 Å². The monoisotopic (exact) mass is 248 g/mol. The summed E-state index contributed by atoms with van der Waals surface area (Å²) in [7, 11) is 2.06. The molecule has 1 heterocycles. The number of benzene rings is 1. The van der Waals surface area contributed by atoms with Crippen molar-refractivity contribution >= 4 is 11.7 Å². The Bertz CT molecular complexity index is 394. The van der Waals surface area contributed by atoms with Gasteiger partial charge in [-0.2, -0.15) is 0 Å². The van der Waals surface area contributed by atoms with Gasteiger partial charge in [0.05, 0.1) is 12.5 Å². The Balaban J connectivity index is 2.20. The zero-order chi connectivity index (χ0) is 13.0. The molecule has 4 nitrogen and oxygen atoms in total. The number of hydrogen-bond donors (Lipinski definition) is 1. The van der Waals surface area contributed by atoms with Crippen LogP contribution in [0, 0.1) is 0 Å². The van der Waals surface area contributed by atoms with E-state index < -0.39 is 5.97 Å². The Morgan fingerprint density at radius 3 is 2.72 bits per heavy atom. The van der Waals surface area contributed by atoms with Crippen molar-refractivity contribution in [1.29, 1.82) is 0 Å². The van der Waals surface area contributed by atoms with Crippen LogP contribution in [0.25, 0.3) is 0 Å². The summed E-state index contributed by atoms with van der Waals surface area (Å²) in [5, 5.41) is 9.06. The smallest absolute Gasteiger partial charge is 0.305 e. The molecule has 1 aliphatic heterocycles. The summed E-state index contributed by atoms with van der Waals surface area (Å²) in [5.74, 6) is -0.726. The third-order valence-electron chi connectivity index (χ3n) is 3.40. The molecule has 1 aromatic carbocycles. The summed E-state index contributed by atoms with van der Waals surface area (Å²) in [6, 6.07) is 10.2. The first-order valence-electron chi connectivity index (χ1n) is 6.39. The lowest BCUT2D eigenvalue weighted by Crippen LogP contribution is -2.41. The van der Waals surface area contributed by atoms with Gasteiger partial charge < -0.3 is 14.9 Å². The molecule has 1 fully saturated rings. The highest BCUT2D eigenvalue weighted by Gasteiger charge is 2.25. The number of rotatable bonds is 3. The maximum absolute atomic E-state index is 11.0. The summed E-state index contributed by atoms with van der Waals surface area (Å²) in [6.07, 6.45) is 1.26. The molecule has 0 amide bonds. The van der Waals surface area contributed by atoms with Gasteiger partial charge in [0.1, 0.15) is 0 Å². The third-order valence-corrected chi connectivity index (χ3v) is 3.40. The zero-order valence-electron chi connectivity index (χ0n) is 10.7. The first-order chi connectivity index (χ1) is 8.66. The number of para-hydroxylation sites is 1. The molecule has 0 radical (unpaired) electrons. The van der Waals surface area contributed by atoms with Crippen LogP contribution in [0.3, 0.4) is 0 Å².